The Morgan fingerprint density at radius 1 is 1.45 bits per heavy atom. The number of methoxy groups -OCH3 is 1. The highest BCUT2D eigenvalue weighted by Gasteiger charge is 2.06. The van der Waals surface area contributed by atoms with Crippen LogP contribution >= 0.6 is 24.0 Å². The summed E-state index contributed by atoms with van der Waals surface area (Å²) in [5.41, 5.74) is 1.41. The smallest absolute Gasteiger partial charge is 0.238 e. The number of anilines is 1. The van der Waals surface area contributed by atoms with Crippen LogP contribution in [0.15, 0.2) is 36.7 Å². The van der Waals surface area contributed by atoms with Crippen molar-refractivity contribution >= 4 is 35.6 Å². The van der Waals surface area contributed by atoms with Gasteiger partial charge in [0.05, 0.1) is 23.9 Å². The molecule has 6 nitrogen and oxygen atoms in total. The maximum Gasteiger partial charge on any atom is 0.238 e. The molecule has 22 heavy (non-hydrogen) atoms. The molecule has 0 bridgehead atoms. The number of amides is 1. The Hall–Kier alpha value is -1.60. The first-order valence-corrected chi connectivity index (χ1v) is 6.87. The lowest BCUT2D eigenvalue weighted by Gasteiger charge is -2.09. The Morgan fingerprint density at radius 3 is 2.91 bits per heavy atom. The largest absolute Gasteiger partial charge is 0.383 e. The molecule has 0 radical (unpaired) electrons. The molecule has 0 saturated heterocycles. The van der Waals surface area contributed by atoms with Crippen LogP contribution in [-0.2, 0) is 9.53 Å². The van der Waals surface area contributed by atoms with Crippen molar-refractivity contribution in [1.82, 2.24) is 15.1 Å². The number of hydrogen-bond acceptors (Lipinski definition) is 4. The number of carbonyl (C=O) groups is 1. The molecule has 0 saturated carbocycles. The van der Waals surface area contributed by atoms with Crippen molar-refractivity contribution in [2.24, 2.45) is 0 Å². The van der Waals surface area contributed by atoms with Crippen LogP contribution in [0.2, 0.25) is 5.02 Å². The van der Waals surface area contributed by atoms with Gasteiger partial charge in [0.1, 0.15) is 0 Å². The summed E-state index contributed by atoms with van der Waals surface area (Å²) in [5, 5.41) is 10.4. The monoisotopic (exact) mass is 344 g/mol. The molecule has 8 heteroatoms. The number of aromatic nitrogens is 2. The number of halogens is 2. The predicted octanol–water partition coefficient (Wildman–Crippen LogP) is 2.12. The normalized spacial score (nSPS) is 10.1. The highest BCUT2D eigenvalue weighted by atomic mass is 35.5. The van der Waals surface area contributed by atoms with Gasteiger partial charge in [-0.25, -0.2) is 4.68 Å². The SMILES string of the molecule is COCCNCC(=O)Nc1ccc(-n2cccn2)c(Cl)c1.Cl. The molecule has 0 aliphatic rings. The first kappa shape index (κ1) is 18.4. The summed E-state index contributed by atoms with van der Waals surface area (Å²) in [7, 11) is 1.62. The molecule has 1 aromatic heterocycles. The van der Waals surface area contributed by atoms with Crippen molar-refractivity contribution < 1.29 is 9.53 Å². The van der Waals surface area contributed by atoms with Crippen molar-refractivity contribution in [1.29, 1.82) is 0 Å². The van der Waals surface area contributed by atoms with Crippen molar-refractivity contribution in [3.05, 3.63) is 41.7 Å². The molecule has 0 atom stereocenters. The molecule has 0 fully saturated rings. The number of nitrogens with zero attached hydrogens (tertiary/aromatic N) is 2. The lowest BCUT2D eigenvalue weighted by molar-refractivity contribution is -0.115. The summed E-state index contributed by atoms with van der Waals surface area (Å²) in [5.74, 6) is -0.131. The van der Waals surface area contributed by atoms with Gasteiger partial charge in [0, 0.05) is 31.7 Å². The highest BCUT2D eigenvalue weighted by Crippen LogP contribution is 2.23. The Bertz CT molecular complexity index is 591. The maximum atomic E-state index is 11.7. The third kappa shape index (κ3) is 5.31. The number of ether oxygens (including phenoxy) is 1. The second-order valence-corrected chi connectivity index (χ2v) is 4.74. The second kappa shape index (κ2) is 9.42. The molecule has 1 aromatic carbocycles. The van der Waals surface area contributed by atoms with Gasteiger partial charge in [0.25, 0.3) is 0 Å². The van der Waals surface area contributed by atoms with E-state index in [0.29, 0.717) is 23.9 Å². The van der Waals surface area contributed by atoms with E-state index in [4.69, 9.17) is 16.3 Å². The van der Waals surface area contributed by atoms with Crippen LogP contribution in [0.25, 0.3) is 5.69 Å². The number of rotatable bonds is 7. The fourth-order valence-electron chi connectivity index (χ4n) is 1.76. The molecule has 1 amide bonds. The summed E-state index contributed by atoms with van der Waals surface area (Å²) in [6, 6.07) is 7.11. The zero-order valence-corrected chi connectivity index (χ0v) is 13.7. The topological polar surface area (TPSA) is 68.2 Å². The van der Waals surface area contributed by atoms with E-state index in [1.54, 1.807) is 36.3 Å². The predicted molar refractivity (Wildman–Crippen MR) is 89.2 cm³/mol. The zero-order valence-electron chi connectivity index (χ0n) is 12.1. The molecule has 2 aromatic rings. The van der Waals surface area contributed by atoms with Gasteiger partial charge in [-0.1, -0.05) is 11.6 Å². The van der Waals surface area contributed by atoms with E-state index in [9.17, 15) is 4.79 Å². The van der Waals surface area contributed by atoms with Crippen LogP contribution < -0.4 is 10.6 Å². The maximum absolute atomic E-state index is 11.7. The van der Waals surface area contributed by atoms with Crippen LogP contribution in [0.1, 0.15) is 0 Å². The molecule has 0 unspecified atom stereocenters. The molecule has 0 aliphatic carbocycles. The van der Waals surface area contributed by atoms with E-state index in [2.05, 4.69) is 15.7 Å². The minimum absolute atomic E-state index is 0. The van der Waals surface area contributed by atoms with Crippen LogP contribution in [0, 0.1) is 0 Å². The number of benzene rings is 1. The lowest BCUT2D eigenvalue weighted by Crippen LogP contribution is -2.30. The number of carbonyl (C=O) groups excluding carboxylic acids is 1. The minimum Gasteiger partial charge on any atom is -0.383 e. The highest BCUT2D eigenvalue weighted by molar-refractivity contribution is 6.32. The van der Waals surface area contributed by atoms with Crippen molar-refractivity contribution in [3.63, 3.8) is 0 Å². The van der Waals surface area contributed by atoms with E-state index in [0.717, 1.165) is 5.69 Å². The molecule has 120 valence electrons. The van der Waals surface area contributed by atoms with E-state index >= 15 is 0 Å². The van der Waals surface area contributed by atoms with Crippen LogP contribution in [0.4, 0.5) is 5.69 Å². The minimum atomic E-state index is -0.131. The van der Waals surface area contributed by atoms with Gasteiger partial charge in [-0.15, -0.1) is 12.4 Å². The van der Waals surface area contributed by atoms with Gasteiger partial charge < -0.3 is 15.4 Å². The average Bonchev–Trinajstić information content (AvgIpc) is 2.98. The van der Waals surface area contributed by atoms with Crippen LogP contribution in [0.5, 0.6) is 0 Å². The summed E-state index contributed by atoms with van der Waals surface area (Å²) >= 11 is 6.21. The molecular formula is C14H18Cl2N4O2. The van der Waals surface area contributed by atoms with E-state index in [1.165, 1.54) is 0 Å². The summed E-state index contributed by atoms with van der Waals surface area (Å²) < 4.78 is 6.55. The number of hydrogen-bond donors (Lipinski definition) is 2. The third-order valence-electron chi connectivity index (χ3n) is 2.75. The van der Waals surface area contributed by atoms with Gasteiger partial charge in [-0.05, 0) is 24.3 Å². The Kier molecular flexibility index (Phi) is 7.90. The fraction of sp³-hybridized carbons (Fsp3) is 0.286. The van der Waals surface area contributed by atoms with E-state index < -0.39 is 0 Å². The van der Waals surface area contributed by atoms with E-state index in [-0.39, 0.29) is 24.9 Å². The average molecular weight is 345 g/mol. The molecule has 2 rings (SSSR count). The molecule has 0 spiro atoms. The van der Waals surface area contributed by atoms with Gasteiger partial charge in [0.15, 0.2) is 0 Å². The zero-order chi connectivity index (χ0) is 15.1. The molecule has 0 aliphatic heterocycles. The van der Waals surface area contributed by atoms with Crippen molar-refractivity contribution in [2.45, 2.75) is 0 Å². The second-order valence-electron chi connectivity index (χ2n) is 4.33. The van der Waals surface area contributed by atoms with Crippen molar-refractivity contribution in [3.8, 4) is 5.69 Å². The van der Waals surface area contributed by atoms with Gasteiger partial charge in [0.2, 0.25) is 5.91 Å². The first-order valence-electron chi connectivity index (χ1n) is 6.50. The van der Waals surface area contributed by atoms with E-state index in [1.807, 2.05) is 12.1 Å². The van der Waals surface area contributed by atoms with Crippen molar-refractivity contribution in [2.75, 3.05) is 32.1 Å². The number of nitrogens with one attached hydrogen (secondary N) is 2. The molecular weight excluding hydrogens is 327 g/mol. The molecule has 2 N–H and O–H groups in total. The summed E-state index contributed by atoms with van der Waals surface area (Å²) in [6.07, 6.45) is 3.48. The summed E-state index contributed by atoms with van der Waals surface area (Å²) in [6.45, 7) is 1.42. The lowest BCUT2D eigenvalue weighted by atomic mass is 10.2. The summed E-state index contributed by atoms with van der Waals surface area (Å²) in [4.78, 5) is 11.7. The molecule has 1 heterocycles. The Morgan fingerprint density at radius 2 is 2.27 bits per heavy atom. The van der Waals surface area contributed by atoms with Gasteiger partial charge in [-0.2, -0.15) is 5.10 Å². The van der Waals surface area contributed by atoms with Gasteiger partial charge >= 0.3 is 0 Å². The van der Waals surface area contributed by atoms with Gasteiger partial charge in [-0.3, -0.25) is 4.79 Å². The Balaban J connectivity index is 0.00000242. The fourth-order valence-corrected chi connectivity index (χ4v) is 2.03. The Labute approximate surface area is 140 Å². The third-order valence-corrected chi connectivity index (χ3v) is 3.05. The van der Waals surface area contributed by atoms with Crippen LogP contribution in [0.3, 0.4) is 0 Å². The standard InChI is InChI=1S/C14H17ClN4O2.ClH/c1-21-8-6-16-10-14(20)18-11-3-4-13(12(15)9-11)19-7-2-5-17-19;/h2-5,7,9,16H,6,8,10H2,1H3,(H,18,20);1H. The van der Waals surface area contributed by atoms with Crippen LogP contribution in [-0.4, -0.2) is 42.5 Å². The quantitative estimate of drug-likeness (QED) is 0.755. The first-order chi connectivity index (χ1) is 10.2.